The third kappa shape index (κ3) is 2.02. The molecule has 5 nitrogen and oxygen atoms in total. The maximum Gasteiger partial charge on any atom is 0.238 e. The van der Waals surface area contributed by atoms with Gasteiger partial charge in [-0.25, -0.2) is 0 Å². The van der Waals surface area contributed by atoms with Gasteiger partial charge >= 0.3 is 0 Å². The van der Waals surface area contributed by atoms with E-state index in [1.807, 2.05) is 30.3 Å². The highest BCUT2D eigenvalue weighted by Gasteiger charge is 2.73. The fraction of sp³-hybridized carbons (Fsp3) is 0.304. The highest BCUT2D eigenvalue weighted by atomic mass is 16.2. The van der Waals surface area contributed by atoms with Crippen molar-refractivity contribution in [2.45, 2.75) is 12.8 Å². The SMILES string of the molecule is O=C1[C@@H]2[C@H](C(=O)N1c1ccc(N=Nc3ccccc3)cc1)[C@H]1C=C[C@H]2C12CC2. The van der Waals surface area contributed by atoms with Crippen LogP contribution in [-0.4, -0.2) is 11.8 Å². The molecule has 4 aliphatic rings. The maximum atomic E-state index is 13.1. The van der Waals surface area contributed by atoms with Crippen molar-refractivity contribution in [3.05, 3.63) is 66.7 Å². The number of rotatable bonds is 3. The van der Waals surface area contributed by atoms with Crippen molar-refractivity contribution >= 4 is 28.9 Å². The van der Waals surface area contributed by atoms with E-state index in [-0.39, 0.29) is 40.9 Å². The molecule has 138 valence electrons. The molecular formula is C23H19N3O2. The number of allylic oxidation sites excluding steroid dienone is 2. The third-order valence-corrected chi connectivity index (χ3v) is 7.00. The monoisotopic (exact) mass is 369 g/mol. The minimum absolute atomic E-state index is 0.0308. The van der Waals surface area contributed by atoms with Gasteiger partial charge in [0, 0.05) is 0 Å². The number of hydrogen-bond donors (Lipinski definition) is 0. The highest BCUT2D eigenvalue weighted by molar-refractivity contribution is 6.23. The zero-order valence-corrected chi connectivity index (χ0v) is 15.2. The molecule has 0 unspecified atom stereocenters. The summed E-state index contributed by atoms with van der Waals surface area (Å²) >= 11 is 0. The van der Waals surface area contributed by atoms with Crippen LogP contribution >= 0.6 is 0 Å². The first-order chi connectivity index (χ1) is 13.7. The number of anilines is 1. The number of fused-ring (bicyclic) bond motifs is 3. The zero-order chi connectivity index (χ0) is 18.9. The number of nitrogens with zero attached hydrogens (tertiary/aromatic N) is 3. The molecule has 4 atom stereocenters. The number of amides is 2. The summed E-state index contributed by atoms with van der Waals surface area (Å²) in [6.45, 7) is 0. The van der Waals surface area contributed by atoms with Gasteiger partial charge in [-0.1, -0.05) is 30.4 Å². The molecule has 0 N–H and O–H groups in total. The van der Waals surface area contributed by atoms with Crippen LogP contribution in [0.3, 0.4) is 0 Å². The predicted octanol–water partition coefficient (Wildman–Crippen LogP) is 4.80. The third-order valence-electron chi connectivity index (χ3n) is 7.00. The van der Waals surface area contributed by atoms with Gasteiger partial charge in [0.05, 0.1) is 28.9 Å². The molecule has 2 amide bonds. The van der Waals surface area contributed by atoms with Crippen molar-refractivity contribution in [2.75, 3.05) is 4.90 Å². The lowest BCUT2D eigenvalue weighted by atomic mass is 9.85. The van der Waals surface area contributed by atoms with Crippen LogP contribution in [0.4, 0.5) is 17.1 Å². The molecule has 6 rings (SSSR count). The van der Waals surface area contributed by atoms with Gasteiger partial charge in [0.1, 0.15) is 0 Å². The Morgan fingerprint density at radius 2 is 1.29 bits per heavy atom. The first-order valence-electron chi connectivity index (χ1n) is 9.82. The molecule has 1 spiro atoms. The number of benzene rings is 2. The predicted molar refractivity (Wildman–Crippen MR) is 104 cm³/mol. The molecule has 1 aliphatic heterocycles. The van der Waals surface area contributed by atoms with Crippen molar-refractivity contribution in [1.29, 1.82) is 0 Å². The average Bonchev–Trinajstić information content (AvgIpc) is 3.32. The van der Waals surface area contributed by atoms with E-state index in [9.17, 15) is 9.59 Å². The molecule has 1 saturated heterocycles. The van der Waals surface area contributed by atoms with Crippen molar-refractivity contribution in [2.24, 2.45) is 39.3 Å². The van der Waals surface area contributed by atoms with E-state index in [0.29, 0.717) is 11.4 Å². The van der Waals surface area contributed by atoms with Crippen LogP contribution in [0.25, 0.3) is 0 Å². The topological polar surface area (TPSA) is 62.1 Å². The molecular weight excluding hydrogens is 350 g/mol. The van der Waals surface area contributed by atoms with Gasteiger partial charge in [0.15, 0.2) is 0 Å². The number of carbonyl (C=O) groups is 2. The second-order valence-corrected chi connectivity index (χ2v) is 8.29. The van der Waals surface area contributed by atoms with Gasteiger partial charge in [-0.3, -0.25) is 14.5 Å². The lowest BCUT2D eigenvalue weighted by molar-refractivity contribution is -0.123. The Bertz CT molecular complexity index is 1000. The first-order valence-corrected chi connectivity index (χ1v) is 9.82. The van der Waals surface area contributed by atoms with Crippen molar-refractivity contribution in [1.82, 2.24) is 0 Å². The zero-order valence-electron chi connectivity index (χ0n) is 15.2. The van der Waals surface area contributed by atoms with Crippen LogP contribution in [0, 0.1) is 29.1 Å². The normalized spacial score (nSPS) is 31.4. The number of azo groups is 1. The summed E-state index contributed by atoms with van der Waals surface area (Å²) in [6, 6.07) is 16.7. The highest BCUT2D eigenvalue weighted by Crippen LogP contribution is 2.73. The van der Waals surface area contributed by atoms with E-state index in [1.54, 1.807) is 24.3 Å². The lowest BCUT2D eigenvalue weighted by Gasteiger charge is -2.21. The fourth-order valence-corrected chi connectivity index (χ4v) is 5.61. The second-order valence-electron chi connectivity index (χ2n) is 8.29. The Balaban J connectivity index is 1.25. The minimum atomic E-state index is -0.164. The molecule has 3 aliphatic carbocycles. The first kappa shape index (κ1) is 15.9. The van der Waals surface area contributed by atoms with E-state index in [0.717, 1.165) is 18.5 Å². The summed E-state index contributed by atoms with van der Waals surface area (Å²) in [7, 11) is 0. The molecule has 3 fully saturated rings. The van der Waals surface area contributed by atoms with Gasteiger partial charge in [-0.05, 0) is 66.5 Å². The van der Waals surface area contributed by atoms with Crippen molar-refractivity contribution in [3.63, 3.8) is 0 Å². The summed E-state index contributed by atoms with van der Waals surface area (Å²) in [5.41, 5.74) is 2.33. The molecule has 0 radical (unpaired) electrons. The molecule has 28 heavy (non-hydrogen) atoms. The molecule has 2 saturated carbocycles. The van der Waals surface area contributed by atoms with Crippen LogP contribution in [0.15, 0.2) is 77.0 Å². The van der Waals surface area contributed by atoms with E-state index in [1.165, 1.54) is 4.90 Å². The standard InChI is InChI=1S/C23H19N3O2/c27-21-19-17-10-11-18(23(17)12-13-23)20(19)22(28)26(21)16-8-6-15(7-9-16)25-24-14-4-2-1-3-5-14/h1-11,17-20H,12-13H2/t17-,18-,19-,20+/m1/s1. The fourth-order valence-electron chi connectivity index (χ4n) is 5.61. The van der Waals surface area contributed by atoms with Gasteiger partial charge < -0.3 is 0 Å². The Labute approximate surface area is 162 Å². The van der Waals surface area contributed by atoms with Crippen LogP contribution < -0.4 is 4.90 Å². The molecule has 0 aromatic heterocycles. The molecule has 5 heteroatoms. The Hall–Kier alpha value is -3.08. The largest absolute Gasteiger partial charge is 0.274 e. The Kier molecular flexibility index (Phi) is 3.11. The summed E-state index contributed by atoms with van der Waals surface area (Å²) in [4.78, 5) is 27.7. The van der Waals surface area contributed by atoms with Gasteiger partial charge in [-0.2, -0.15) is 10.2 Å². The maximum absolute atomic E-state index is 13.1. The van der Waals surface area contributed by atoms with E-state index >= 15 is 0 Å². The summed E-state index contributed by atoms with van der Waals surface area (Å²) < 4.78 is 0. The number of imide groups is 1. The Morgan fingerprint density at radius 3 is 1.82 bits per heavy atom. The van der Waals surface area contributed by atoms with Gasteiger partial charge in [0.2, 0.25) is 11.8 Å². The minimum Gasteiger partial charge on any atom is -0.274 e. The van der Waals surface area contributed by atoms with Crippen molar-refractivity contribution < 1.29 is 9.59 Å². The van der Waals surface area contributed by atoms with Gasteiger partial charge in [-0.15, -0.1) is 0 Å². The van der Waals surface area contributed by atoms with Crippen LogP contribution in [-0.2, 0) is 9.59 Å². The molecule has 1 heterocycles. The summed E-state index contributed by atoms with van der Waals surface area (Å²) in [5, 5.41) is 8.43. The lowest BCUT2D eigenvalue weighted by Crippen LogP contribution is -2.34. The average molecular weight is 369 g/mol. The van der Waals surface area contributed by atoms with Crippen molar-refractivity contribution in [3.8, 4) is 0 Å². The number of hydrogen-bond acceptors (Lipinski definition) is 4. The summed E-state index contributed by atoms with van der Waals surface area (Å²) in [5.74, 6) is 0.115. The van der Waals surface area contributed by atoms with Crippen LogP contribution in [0.2, 0.25) is 0 Å². The van der Waals surface area contributed by atoms with E-state index in [4.69, 9.17) is 0 Å². The van der Waals surface area contributed by atoms with E-state index < -0.39 is 0 Å². The summed E-state index contributed by atoms with van der Waals surface area (Å²) in [6.07, 6.45) is 6.70. The molecule has 2 aromatic rings. The molecule has 2 bridgehead atoms. The smallest absolute Gasteiger partial charge is 0.238 e. The van der Waals surface area contributed by atoms with Crippen LogP contribution in [0.5, 0.6) is 0 Å². The second kappa shape index (κ2) is 5.47. The molecule has 2 aromatic carbocycles. The van der Waals surface area contributed by atoms with Crippen LogP contribution in [0.1, 0.15) is 12.8 Å². The number of carbonyl (C=O) groups excluding carboxylic acids is 2. The van der Waals surface area contributed by atoms with E-state index in [2.05, 4.69) is 22.4 Å². The quantitative estimate of drug-likeness (QED) is 0.443. The Morgan fingerprint density at radius 1 is 0.750 bits per heavy atom. The van der Waals surface area contributed by atoms with Gasteiger partial charge in [0.25, 0.3) is 0 Å².